The fourth-order valence-corrected chi connectivity index (χ4v) is 4.06. The molecule has 5 nitrogen and oxygen atoms in total. The normalized spacial score (nSPS) is 26.2. The van der Waals surface area contributed by atoms with E-state index in [1.165, 1.54) is 24.3 Å². The molecule has 6 heteroatoms. The van der Waals surface area contributed by atoms with Gasteiger partial charge in [-0.05, 0) is 44.0 Å². The summed E-state index contributed by atoms with van der Waals surface area (Å²) < 4.78 is 13.0. The van der Waals surface area contributed by atoms with Crippen LogP contribution >= 0.6 is 0 Å². The molecule has 1 N–H and O–H groups in total. The van der Waals surface area contributed by atoms with E-state index in [-0.39, 0.29) is 29.3 Å². The topological polar surface area (TPSA) is 52.7 Å². The van der Waals surface area contributed by atoms with Gasteiger partial charge in [-0.1, -0.05) is 0 Å². The van der Waals surface area contributed by atoms with Gasteiger partial charge in [-0.3, -0.25) is 14.9 Å². The monoisotopic (exact) mass is 331 g/mol. The Bertz CT molecular complexity index is 663. The molecule has 0 radical (unpaired) electrons. The second kappa shape index (κ2) is 5.55. The number of nitrogens with zero attached hydrogens (tertiary/aromatic N) is 2. The average Bonchev–Trinajstić information content (AvgIpc) is 3.37. The Hall–Kier alpha value is -1.95. The third-order valence-corrected chi connectivity index (χ3v) is 5.44. The number of rotatable bonds is 2. The van der Waals surface area contributed by atoms with Gasteiger partial charge in [0.25, 0.3) is 5.91 Å². The van der Waals surface area contributed by atoms with Gasteiger partial charge in [-0.25, -0.2) is 4.39 Å². The molecule has 1 atom stereocenters. The standard InChI is InChI=1S/C18H22FN3O2/c1-12-16(23)22(15-6-7-15)18(20-12)8-10-21(11-9-18)17(24)13-2-4-14(19)5-3-13/h2-5,12,15,20H,6-11H2,1H3/t12-/m0/s1. The van der Waals surface area contributed by atoms with E-state index < -0.39 is 0 Å². The number of carbonyl (C=O) groups is 2. The highest BCUT2D eigenvalue weighted by atomic mass is 19.1. The lowest BCUT2D eigenvalue weighted by atomic mass is 9.95. The molecule has 4 rings (SSSR count). The van der Waals surface area contributed by atoms with Gasteiger partial charge in [0.1, 0.15) is 5.82 Å². The first-order valence-corrected chi connectivity index (χ1v) is 8.66. The second-order valence-corrected chi connectivity index (χ2v) is 7.14. The maximum Gasteiger partial charge on any atom is 0.253 e. The first-order chi connectivity index (χ1) is 11.5. The zero-order valence-electron chi connectivity index (χ0n) is 13.8. The number of likely N-dealkylation sites (tertiary alicyclic amines) is 1. The lowest BCUT2D eigenvalue weighted by molar-refractivity contribution is -0.133. The van der Waals surface area contributed by atoms with Crippen LogP contribution in [-0.4, -0.2) is 52.5 Å². The van der Waals surface area contributed by atoms with Crippen molar-refractivity contribution in [3.63, 3.8) is 0 Å². The highest BCUT2D eigenvalue weighted by molar-refractivity contribution is 5.94. The number of hydrogen-bond donors (Lipinski definition) is 1. The van der Waals surface area contributed by atoms with Crippen LogP contribution in [0, 0.1) is 5.82 Å². The van der Waals surface area contributed by atoms with Crippen LogP contribution in [0.3, 0.4) is 0 Å². The fraction of sp³-hybridized carbons (Fsp3) is 0.556. The minimum absolute atomic E-state index is 0.0693. The zero-order valence-corrected chi connectivity index (χ0v) is 13.8. The van der Waals surface area contributed by atoms with Crippen molar-refractivity contribution in [2.24, 2.45) is 0 Å². The first kappa shape index (κ1) is 15.6. The Balaban J connectivity index is 1.47. The molecule has 2 amide bonds. The van der Waals surface area contributed by atoms with Crippen LogP contribution in [0.25, 0.3) is 0 Å². The van der Waals surface area contributed by atoms with Gasteiger partial charge in [0.15, 0.2) is 0 Å². The molecule has 1 aromatic rings. The summed E-state index contributed by atoms with van der Waals surface area (Å²) in [6, 6.07) is 5.90. The van der Waals surface area contributed by atoms with Gasteiger partial charge in [-0.15, -0.1) is 0 Å². The van der Waals surface area contributed by atoms with E-state index in [9.17, 15) is 14.0 Å². The number of carbonyl (C=O) groups excluding carboxylic acids is 2. The molecule has 1 aliphatic carbocycles. The Morgan fingerprint density at radius 3 is 2.42 bits per heavy atom. The van der Waals surface area contributed by atoms with Crippen molar-refractivity contribution in [3.8, 4) is 0 Å². The van der Waals surface area contributed by atoms with Crippen LogP contribution in [0.2, 0.25) is 0 Å². The smallest absolute Gasteiger partial charge is 0.253 e. The predicted molar refractivity (Wildman–Crippen MR) is 86.7 cm³/mol. The van der Waals surface area contributed by atoms with Crippen LogP contribution < -0.4 is 5.32 Å². The highest BCUT2D eigenvalue weighted by Gasteiger charge is 2.54. The van der Waals surface area contributed by atoms with E-state index in [1.807, 2.05) is 6.92 Å². The lowest BCUT2D eigenvalue weighted by Gasteiger charge is -2.45. The van der Waals surface area contributed by atoms with E-state index in [4.69, 9.17) is 0 Å². The van der Waals surface area contributed by atoms with Gasteiger partial charge in [0.05, 0.1) is 11.7 Å². The molecular weight excluding hydrogens is 309 g/mol. The SMILES string of the molecule is C[C@@H]1NC2(CCN(C(=O)c3ccc(F)cc3)CC2)N(C2CC2)C1=O. The number of amides is 2. The molecule has 0 unspecified atom stereocenters. The molecule has 2 saturated heterocycles. The van der Waals surface area contributed by atoms with Crippen molar-refractivity contribution in [1.82, 2.24) is 15.1 Å². The maximum absolute atomic E-state index is 13.0. The lowest BCUT2D eigenvalue weighted by Crippen LogP contribution is -2.60. The molecule has 1 saturated carbocycles. The average molecular weight is 331 g/mol. The second-order valence-electron chi connectivity index (χ2n) is 7.14. The zero-order chi connectivity index (χ0) is 16.9. The maximum atomic E-state index is 13.0. The van der Waals surface area contributed by atoms with Crippen molar-refractivity contribution in [2.45, 2.75) is 50.4 Å². The summed E-state index contributed by atoms with van der Waals surface area (Å²) in [5.41, 5.74) is 0.215. The van der Waals surface area contributed by atoms with Crippen LogP contribution in [0.1, 0.15) is 43.0 Å². The summed E-state index contributed by atoms with van der Waals surface area (Å²) in [5.74, 6) is -0.220. The molecule has 128 valence electrons. The number of benzene rings is 1. The number of nitrogens with one attached hydrogen (secondary N) is 1. The molecule has 3 aliphatic rings. The van der Waals surface area contributed by atoms with Gasteiger partial charge in [0.2, 0.25) is 5.91 Å². The molecule has 0 aromatic heterocycles. The molecule has 2 aliphatic heterocycles. The number of hydrogen-bond acceptors (Lipinski definition) is 3. The molecule has 2 heterocycles. The quantitative estimate of drug-likeness (QED) is 0.898. The summed E-state index contributed by atoms with van der Waals surface area (Å²) in [4.78, 5) is 28.9. The Labute approximate surface area is 140 Å². The minimum Gasteiger partial charge on any atom is -0.338 e. The molecule has 3 fully saturated rings. The van der Waals surface area contributed by atoms with Gasteiger partial charge >= 0.3 is 0 Å². The first-order valence-electron chi connectivity index (χ1n) is 8.66. The fourth-order valence-electron chi connectivity index (χ4n) is 4.06. The molecular formula is C18H22FN3O2. The van der Waals surface area contributed by atoms with Gasteiger partial charge < -0.3 is 9.80 Å². The third-order valence-electron chi connectivity index (χ3n) is 5.44. The van der Waals surface area contributed by atoms with E-state index in [0.717, 1.165) is 25.7 Å². The molecule has 1 aromatic carbocycles. The summed E-state index contributed by atoms with van der Waals surface area (Å²) in [5, 5.41) is 3.49. The van der Waals surface area contributed by atoms with Crippen molar-refractivity contribution in [2.75, 3.05) is 13.1 Å². The van der Waals surface area contributed by atoms with Crippen molar-refractivity contribution < 1.29 is 14.0 Å². The summed E-state index contributed by atoms with van der Waals surface area (Å²) in [7, 11) is 0. The number of halogens is 1. The Morgan fingerprint density at radius 2 is 1.83 bits per heavy atom. The van der Waals surface area contributed by atoms with Crippen molar-refractivity contribution >= 4 is 11.8 Å². The van der Waals surface area contributed by atoms with E-state index >= 15 is 0 Å². The van der Waals surface area contributed by atoms with Crippen LogP contribution in [0.15, 0.2) is 24.3 Å². The predicted octanol–water partition coefficient (Wildman–Crippen LogP) is 1.74. The van der Waals surface area contributed by atoms with Crippen LogP contribution in [0.5, 0.6) is 0 Å². The summed E-state index contributed by atoms with van der Waals surface area (Å²) in [6.07, 6.45) is 3.65. The highest BCUT2D eigenvalue weighted by Crippen LogP contribution is 2.41. The third kappa shape index (κ3) is 2.49. The van der Waals surface area contributed by atoms with Crippen LogP contribution in [0.4, 0.5) is 4.39 Å². The van der Waals surface area contributed by atoms with Crippen molar-refractivity contribution in [1.29, 1.82) is 0 Å². The van der Waals surface area contributed by atoms with Gasteiger partial charge in [0, 0.05) is 37.5 Å². The van der Waals surface area contributed by atoms with E-state index in [2.05, 4.69) is 10.2 Å². The largest absolute Gasteiger partial charge is 0.338 e. The molecule has 0 bridgehead atoms. The van der Waals surface area contributed by atoms with Gasteiger partial charge in [-0.2, -0.15) is 0 Å². The molecule has 1 spiro atoms. The Kier molecular flexibility index (Phi) is 3.60. The van der Waals surface area contributed by atoms with E-state index in [0.29, 0.717) is 24.7 Å². The number of piperidine rings is 1. The van der Waals surface area contributed by atoms with Crippen molar-refractivity contribution in [3.05, 3.63) is 35.6 Å². The van der Waals surface area contributed by atoms with E-state index in [1.54, 1.807) is 4.90 Å². The minimum atomic E-state index is -0.341. The summed E-state index contributed by atoms with van der Waals surface area (Å²) >= 11 is 0. The summed E-state index contributed by atoms with van der Waals surface area (Å²) in [6.45, 7) is 3.13. The Morgan fingerprint density at radius 1 is 1.21 bits per heavy atom. The van der Waals surface area contributed by atoms with Crippen LogP contribution in [-0.2, 0) is 4.79 Å². The molecule has 24 heavy (non-hydrogen) atoms.